The number of ether oxygens (including phenoxy) is 1. The molecule has 1 heterocycles. The number of hydrogen-bond acceptors (Lipinski definition) is 7. The maximum atomic E-state index is 13.2. The van der Waals surface area contributed by atoms with E-state index in [-0.39, 0.29) is 62.8 Å². The highest BCUT2D eigenvalue weighted by Gasteiger charge is 2.29. The second-order valence-corrected chi connectivity index (χ2v) is 9.04. The first-order valence-electron chi connectivity index (χ1n) is 11.7. The predicted molar refractivity (Wildman–Crippen MR) is 132 cm³/mol. The third kappa shape index (κ3) is 9.48. The first-order chi connectivity index (χ1) is 15.7. The number of nitrogens with zero attached hydrogens (tertiary/aromatic N) is 2. The zero-order chi connectivity index (χ0) is 24.4. The number of halogens is 1. The number of rotatable bonds is 4. The molecule has 9 nitrogen and oxygen atoms in total. The van der Waals surface area contributed by atoms with Gasteiger partial charge in [-0.1, -0.05) is 26.0 Å². The van der Waals surface area contributed by atoms with E-state index in [2.05, 4.69) is 0 Å². The van der Waals surface area contributed by atoms with Crippen LogP contribution in [-0.4, -0.2) is 94.6 Å². The number of carbonyl (C=O) groups excluding carboxylic acids is 2. The van der Waals surface area contributed by atoms with Crippen molar-refractivity contribution in [1.29, 1.82) is 0 Å². The topological polar surface area (TPSA) is 137 Å². The summed E-state index contributed by atoms with van der Waals surface area (Å²) in [5.41, 5.74) is 7.12. The van der Waals surface area contributed by atoms with Gasteiger partial charge >= 0.3 is 0 Å². The molecule has 1 aliphatic heterocycles. The molecule has 2 rings (SSSR count). The van der Waals surface area contributed by atoms with Crippen molar-refractivity contribution >= 4 is 24.2 Å². The Morgan fingerprint density at radius 3 is 2.47 bits per heavy atom. The average molecular weight is 502 g/mol. The summed E-state index contributed by atoms with van der Waals surface area (Å²) in [7, 11) is 0. The number of amides is 2. The summed E-state index contributed by atoms with van der Waals surface area (Å²) in [5.74, 6) is -0.208. The fourth-order valence-corrected chi connectivity index (χ4v) is 3.77. The smallest absolute Gasteiger partial charge is 0.253 e. The Morgan fingerprint density at radius 1 is 1.09 bits per heavy atom. The highest BCUT2D eigenvalue weighted by atomic mass is 35.5. The molecule has 5 N–H and O–H groups in total. The molecule has 34 heavy (non-hydrogen) atoms. The maximum Gasteiger partial charge on any atom is 0.253 e. The molecule has 1 aliphatic rings. The molecule has 2 amide bonds. The van der Waals surface area contributed by atoms with Crippen LogP contribution in [0.15, 0.2) is 24.3 Å². The molecular weight excluding hydrogens is 462 g/mol. The standard InChI is InChI=1S/C24H39N3O6.ClH/c1-17(2)12-22(30)27-10-9-26(24(32)19-7-5-6-18(13-19)14-25)8-3-4-11-33-16-21(29)23(31)20(28)15-27;/h5-7,13,17,20-21,23,28-29,31H,3-4,8-12,14-16,25H2,1-2H3;1H/t20-,21+,23+;/m0./s1. The molecule has 10 heteroatoms. The quantitative estimate of drug-likeness (QED) is 0.478. The van der Waals surface area contributed by atoms with Gasteiger partial charge in [-0.05, 0) is 36.5 Å². The first-order valence-corrected chi connectivity index (χ1v) is 11.7. The molecular formula is C24H40ClN3O6. The van der Waals surface area contributed by atoms with Crippen LogP contribution in [0.1, 0.15) is 49.0 Å². The molecule has 0 saturated carbocycles. The van der Waals surface area contributed by atoms with E-state index in [1.165, 1.54) is 4.90 Å². The van der Waals surface area contributed by atoms with Crippen LogP contribution in [-0.2, 0) is 16.1 Å². The summed E-state index contributed by atoms with van der Waals surface area (Å²) >= 11 is 0. The third-order valence-corrected chi connectivity index (χ3v) is 5.72. The lowest BCUT2D eigenvalue weighted by Crippen LogP contribution is -2.50. The van der Waals surface area contributed by atoms with Crippen molar-refractivity contribution in [2.24, 2.45) is 11.7 Å². The van der Waals surface area contributed by atoms with Crippen molar-refractivity contribution in [3.05, 3.63) is 35.4 Å². The molecule has 0 aromatic heterocycles. The number of aliphatic hydroxyl groups excluding tert-OH is 3. The van der Waals surface area contributed by atoms with Crippen molar-refractivity contribution in [2.45, 2.75) is 58.0 Å². The van der Waals surface area contributed by atoms with E-state index in [9.17, 15) is 24.9 Å². The van der Waals surface area contributed by atoms with Gasteiger partial charge in [0, 0.05) is 51.3 Å². The minimum atomic E-state index is -1.45. The summed E-state index contributed by atoms with van der Waals surface area (Å²) in [6.07, 6.45) is -2.41. The van der Waals surface area contributed by atoms with Crippen LogP contribution < -0.4 is 5.73 Å². The third-order valence-electron chi connectivity index (χ3n) is 5.72. The molecule has 1 saturated heterocycles. The number of carbonyl (C=O) groups is 2. The van der Waals surface area contributed by atoms with Gasteiger partial charge in [-0.2, -0.15) is 0 Å². The number of β-amino-alcohol motifs (C(OH)–C–C–N with tert-alkyl or cyclic N) is 1. The molecule has 1 aromatic rings. The van der Waals surface area contributed by atoms with Crippen LogP contribution in [0.2, 0.25) is 0 Å². The second-order valence-electron chi connectivity index (χ2n) is 9.04. The van der Waals surface area contributed by atoms with E-state index in [0.29, 0.717) is 38.1 Å². The monoisotopic (exact) mass is 501 g/mol. The highest BCUT2D eigenvalue weighted by Crippen LogP contribution is 2.13. The summed E-state index contributed by atoms with van der Waals surface area (Å²) in [4.78, 5) is 29.3. The lowest BCUT2D eigenvalue weighted by atomic mass is 10.1. The van der Waals surface area contributed by atoms with Gasteiger partial charge in [0.1, 0.15) is 18.3 Å². The molecule has 0 radical (unpaired) electrons. The minimum absolute atomic E-state index is 0. The summed E-state index contributed by atoms with van der Waals surface area (Å²) in [6.45, 7) is 5.26. The van der Waals surface area contributed by atoms with E-state index >= 15 is 0 Å². The van der Waals surface area contributed by atoms with Crippen LogP contribution in [0.25, 0.3) is 0 Å². The molecule has 194 valence electrons. The number of benzene rings is 1. The van der Waals surface area contributed by atoms with Crippen LogP contribution in [0.3, 0.4) is 0 Å². The lowest BCUT2D eigenvalue weighted by molar-refractivity contribution is -0.137. The molecule has 3 atom stereocenters. The fourth-order valence-electron chi connectivity index (χ4n) is 3.77. The fraction of sp³-hybridized carbons (Fsp3) is 0.667. The Labute approximate surface area is 208 Å². The second kappa shape index (κ2) is 15.3. The lowest BCUT2D eigenvalue weighted by Gasteiger charge is -2.32. The van der Waals surface area contributed by atoms with E-state index in [0.717, 1.165) is 5.56 Å². The van der Waals surface area contributed by atoms with E-state index < -0.39 is 18.3 Å². The van der Waals surface area contributed by atoms with Gasteiger partial charge in [0.2, 0.25) is 5.91 Å². The number of nitrogens with two attached hydrogens (primary N) is 1. The maximum absolute atomic E-state index is 13.2. The Morgan fingerprint density at radius 2 is 1.79 bits per heavy atom. The zero-order valence-electron chi connectivity index (χ0n) is 20.1. The molecule has 0 bridgehead atoms. The van der Waals surface area contributed by atoms with Crippen molar-refractivity contribution in [2.75, 3.05) is 39.4 Å². The molecule has 0 spiro atoms. The van der Waals surface area contributed by atoms with Crippen molar-refractivity contribution in [3.63, 3.8) is 0 Å². The minimum Gasteiger partial charge on any atom is -0.388 e. The Bertz CT molecular complexity index is 766. The Hall–Kier alpha value is -1.75. The van der Waals surface area contributed by atoms with Crippen molar-refractivity contribution < 1.29 is 29.6 Å². The Balaban J connectivity index is 0.00000578. The summed E-state index contributed by atoms with van der Waals surface area (Å²) in [6, 6.07) is 7.19. The highest BCUT2D eigenvalue weighted by molar-refractivity contribution is 5.94. The summed E-state index contributed by atoms with van der Waals surface area (Å²) < 4.78 is 5.43. The number of aliphatic hydroxyl groups is 3. The van der Waals surface area contributed by atoms with E-state index in [1.54, 1.807) is 23.1 Å². The average Bonchev–Trinajstić information content (AvgIpc) is 2.79. The van der Waals surface area contributed by atoms with Crippen molar-refractivity contribution in [3.8, 4) is 0 Å². The van der Waals surface area contributed by atoms with Gasteiger partial charge in [-0.3, -0.25) is 9.59 Å². The Kier molecular flexibility index (Phi) is 13.6. The van der Waals surface area contributed by atoms with Crippen LogP contribution >= 0.6 is 12.4 Å². The SMILES string of the molecule is CC(C)CC(=O)N1CCN(C(=O)c2cccc(CN)c2)CCCCOC[C@@H](O)[C@H](O)[C@@H](O)C1.Cl. The summed E-state index contributed by atoms with van der Waals surface area (Å²) in [5, 5.41) is 30.9. The number of hydrogen-bond donors (Lipinski definition) is 4. The normalized spacial score (nSPS) is 23.2. The van der Waals surface area contributed by atoms with Gasteiger partial charge in [0.25, 0.3) is 5.91 Å². The zero-order valence-corrected chi connectivity index (χ0v) is 21.0. The van der Waals surface area contributed by atoms with Gasteiger partial charge in [0.05, 0.1) is 6.61 Å². The molecule has 0 aliphatic carbocycles. The van der Waals surface area contributed by atoms with Crippen LogP contribution in [0.4, 0.5) is 0 Å². The van der Waals surface area contributed by atoms with Gasteiger partial charge < -0.3 is 35.6 Å². The van der Waals surface area contributed by atoms with Crippen molar-refractivity contribution in [1.82, 2.24) is 9.80 Å². The van der Waals surface area contributed by atoms with Gasteiger partial charge in [-0.15, -0.1) is 12.4 Å². The molecule has 1 fully saturated rings. The van der Waals surface area contributed by atoms with Crippen LogP contribution in [0.5, 0.6) is 0 Å². The van der Waals surface area contributed by atoms with Gasteiger partial charge in [0.15, 0.2) is 0 Å². The van der Waals surface area contributed by atoms with Gasteiger partial charge in [-0.25, -0.2) is 0 Å². The predicted octanol–water partition coefficient (Wildman–Crippen LogP) is 0.777. The molecule has 0 unspecified atom stereocenters. The molecule has 1 aromatic carbocycles. The largest absolute Gasteiger partial charge is 0.388 e. The van der Waals surface area contributed by atoms with E-state index in [1.807, 2.05) is 19.9 Å². The van der Waals surface area contributed by atoms with E-state index in [4.69, 9.17) is 10.5 Å². The first kappa shape index (κ1) is 30.3. The van der Waals surface area contributed by atoms with Crippen LogP contribution in [0, 0.1) is 5.92 Å².